The minimum atomic E-state index is 0.0650. The van der Waals surface area contributed by atoms with E-state index in [0.29, 0.717) is 0 Å². The van der Waals surface area contributed by atoms with Crippen molar-refractivity contribution < 1.29 is 4.79 Å². The molecule has 0 amide bonds. The molecule has 0 bridgehead atoms. The summed E-state index contributed by atoms with van der Waals surface area (Å²) < 4.78 is 0. The van der Waals surface area contributed by atoms with Crippen LogP contribution in [-0.4, -0.2) is 13.1 Å². The van der Waals surface area contributed by atoms with Crippen LogP contribution in [0.25, 0.3) is 11.1 Å². The smallest absolute Gasteiger partial charge is 0.193 e. The van der Waals surface area contributed by atoms with Crippen LogP contribution >= 0.6 is 0 Å². The molecule has 0 unspecified atom stereocenters. The van der Waals surface area contributed by atoms with Gasteiger partial charge in [-0.25, -0.2) is 0 Å². The van der Waals surface area contributed by atoms with Crippen molar-refractivity contribution in [1.82, 2.24) is 0 Å². The zero-order valence-corrected chi connectivity index (χ0v) is 13.5. The Morgan fingerprint density at radius 1 is 0.826 bits per heavy atom. The Morgan fingerprint density at radius 3 is 2.09 bits per heavy atom. The highest BCUT2D eigenvalue weighted by Crippen LogP contribution is 2.23. The van der Waals surface area contributed by atoms with Gasteiger partial charge in [-0.2, -0.15) is 0 Å². The normalized spacial score (nSPS) is 10.3. The molecule has 0 aliphatic carbocycles. The number of rotatable bonds is 4. The molecule has 3 aromatic rings. The van der Waals surface area contributed by atoms with Crippen molar-refractivity contribution in [2.24, 2.45) is 0 Å². The number of carbonyl (C=O) groups is 1. The molecule has 112 valence electrons. The topological polar surface area (TPSA) is 17.1 Å². The Morgan fingerprint density at radius 2 is 1.48 bits per heavy atom. The molecule has 0 fully saturated rings. The Labute approximate surface area is 138 Å². The lowest BCUT2D eigenvalue weighted by molar-refractivity contribution is 0.103. The van der Waals surface area contributed by atoms with E-state index in [2.05, 4.69) is 31.9 Å². The molecule has 0 radical (unpaired) electrons. The fraction of sp³-hybridized carbons (Fsp3) is 0.0952. The number of aryl methyl sites for hydroxylation is 1. The van der Waals surface area contributed by atoms with E-state index in [1.165, 1.54) is 16.6 Å². The van der Waals surface area contributed by atoms with Gasteiger partial charge in [-0.15, -0.1) is 0 Å². The summed E-state index contributed by atoms with van der Waals surface area (Å²) in [5.74, 6) is 0.0650. The first-order valence-electron chi connectivity index (χ1n) is 7.98. The van der Waals surface area contributed by atoms with Gasteiger partial charge in [0.1, 0.15) is 0 Å². The molecular weight excluding hydrogens is 279 g/mol. The van der Waals surface area contributed by atoms with Crippen LogP contribution in [-0.2, 0) is 0 Å². The quantitative estimate of drug-likeness (QED) is 0.525. The summed E-state index contributed by atoms with van der Waals surface area (Å²) >= 11 is 0. The second-order valence-corrected chi connectivity index (χ2v) is 5.78. The number of benzene rings is 3. The summed E-state index contributed by atoms with van der Waals surface area (Å²) in [4.78, 5) is 12.4. The third kappa shape index (κ3) is 3.27. The van der Waals surface area contributed by atoms with Crippen LogP contribution in [0.5, 0.6) is 0 Å². The number of hydrogen-bond donors (Lipinski definition) is 0. The average Bonchev–Trinajstić information content (AvgIpc) is 2.62. The molecule has 3 aromatic carbocycles. The number of hydrogen-bond acceptors (Lipinski definition) is 1. The minimum Gasteiger partial charge on any atom is -0.289 e. The van der Waals surface area contributed by atoms with Gasteiger partial charge < -0.3 is 0 Å². The predicted octanol–water partition coefficient (Wildman–Crippen LogP) is 4.00. The standard InChI is InChI=1S/C21H19BO/c1-15-14-19(22-2)12-13-20(15)16-8-10-18(11-9-16)21(23)17-6-4-3-5-7-17/h3-14,22H,1-2H3. The van der Waals surface area contributed by atoms with Gasteiger partial charge in [0.25, 0.3) is 0 Å². The molecular formula is C21H19BO. The van der Waals surface area contributed by atoms with Crippen molar-refractivity contribution in [3.05, 3.63) is 89.5 Å². The minimum absolute atomic E-state index is 0.0650. The lowest BCUT2D eigenvalue weighted by Gasteiger charge is -2.09. The molecule has 0 heterocycles. The van der Waals surface area contributed by atoms with Crippen LogP contribution < -0.4 is 5.46 Å². The largest absolute Gasteiger partial charge is 0.289 e. The van der Waals surface area contributed by atoms with E-state index in [0.717, 1.165) is 24.0 Å². The maximum atomic E-state index is 12.4. The van der Waals surface area contributed by atoms with Crippen molar-refractivity contribution in [3.8, 4) is 11.1 Å². The molecule has 0 spiro atoms. The van der Waals surface area contributed by atoms with Crippen molar-refractivity contribution in [1.29, 1.82) is 0 Å². The monoisotopic (exact) mass is 298 g/mol. The van der Waals surface area contributed by atoms with E-state index in [-0.39, 0.29) is 5.78 Å². The Bertz CT molecular complexity index is 820. The fourth-order valence-electron chi connectivity index (χ4n) is 2.83. The molecule has 0 aliphatic heterocycles. The van der Waals surface area contributed by atoms with Gasteiger partial charge in [0.15, 0.2) is 13.1 Å². The zero-order valence-electron chi connectivity index (χ0n) is 13.5. The van der Waals surface area contributed by atoms with Crippen molar-refractivity contribution in [2.45, 2.75) is 13.7 Å². The molecule has 0 atom stereocenters. The summed E-state index contributed by atoms with van der Waals surface area (Å²) in [7, 11) is 1.05. The van der Waals surface area contributed by atoms with Crippen LogP contribution in [0, 0.1) is 6.92 Å². The molecule has 1 nitrogen and oxygen atoms in total. The summed E-state index contributed by atoms with van der Waals surface area (Å²) in [6.07, 6.45) is 0. The van der Waals surface area contributed by atoms with E-state index < -0.39 is 0 Å². The molecule has 0 aromatic heterocycles. The van der Waals surface area contributed by atoms with Crippen LogP contribution in [0.1, 0.15) is 21.5 Å². The van der Waals surface area contributed by atoms with Gasteiger partial charge in [0.2, 0.25) is 0 Å². The van der Waals surface area contributed by atoms with Gasteiger partial charge in [0, 0.05) is 11.1 Å². The molecule has 0 saturated heterocycles. The van der Waals surface area contributed by atoms with Crippen molar-refractivity contribution in [3.63, 3.8) is 0 Å². The molecule has 23 heavy (non-hydrogen) atoms. The highest BCUT2D eigenvalue weighted by Gasteiger charge is 2.09. The number of ketones is 1. The Hall–Kier alpha value is -2.61. The highest BCUT2D eigenvalue weighted by molar-refractivity contribution is 6.51. The third-order valence-corrected chi connectivity index (χ3v) is 4.19. The van der Waals surface area contributed by atoms with Crippen LogP contribution in [0.4, 0.5) is 0 Å². The SMILES string of the molecule is CBc1ccc(-c2ccc(C(=O)c3ccccc3)cc2)c(C)c1. The molecule has 0 aliphatic rings. The van der Waals surface area contributed by atoms with Crippen LogP contribution in [0.3, 0.4) is 0 Å². The third-order valence-electron chi connectivity index (χ3n) is 4.19. The Kier molecular flexibility index (Phi) is 4.43. The van der Waals surface area contributed by atoms with E-state index in [1.807, 2.05) is 54.6 Å². The van der Waals surface area contributed by atoms with Gasteiger partial charge in [0.05, 0.1) is 0 Å². The van der Waals surface area contributed by atoms with Gasteiger partial charge in [-0.05, 0) is 23.6 Å². The summed E-state index contributed by atoms with van der Waals surface area (Å²) in [6, 6.07) is 23.9. The van der Waals surface area contributed by atoms with Crippen LogP contribution in [0.15, 0.2) is 72.8 Å². The van der Waals surface area contributed by atoms with E-state index in [1.54, 1.807) is 0 Å². The second-order valence-electron chi connectivity index (χ2n) is 5.78. The van der Waals surface area contributed by atoms with Crippen molar-refractivity contribution in [2.75, 3.05) is 0 Å². The first-order valence-corrected chi connectivity index (χ1v) is 7.98. The summed E-state index contributed by atoms with van der Waals surface area (Å²) in [6.45, 7) is 4.30. The zero-order chi connectivity index (χ0) is 16.2. The van der Waals surface area contributed by atoms with Gasteiger partial charge >= 0.3 is 0 Å². The van der Waals surface area contributed by atoms with Gasteiger partial charge in [-0.1, -0.05) is 85.1 Å². The molecule has 0 saturated carbocycles. The van der Waals surface area contributed by atoms with Gasteiger partial charge in [-0.3, -0.25) is 4.79 Å². The molecule has 3 rings (SSSR count). The number of carbonyl (C=O) groups excluding carboxylic acids is 1. The maximum absolute atomic E-state index is 12.4. The Balaban J connectivity index is 1.89. The van der Waals surface area contributed by atoms with E-state index >= 15 is 0 Å². The molecule has 0 N–H and O–H groups in total. The average molecular weight is 298 g/mol. The lowest BCUT2D eigenvalue weighted by Crippen LogP contribution is -2.10. The summed E-state index contributed by atoms with van der Waals surface area (Å²) in [5, 5.41) is 0. The van der Waals surface area contributed by atoms with E-state index in [9.17, 15) is 4.79 Å². The van der Waals surface area contributed by atoms with Crippen LogP contribution in [0.2, 0.25) is 6.82 Å². The van der Waals surface area contributed by atoms with Crippen molar-refractivity contribution >= 4 is 18.5 Å². The predicted molar refractivity (Wildman–Crippen MR) is 99.1 cm³/mol. The lowest BCUT2D eigenvalue weighted by atomic mass is 9.72. The van der Waals surface area contributed by atoms with E-state index in [4.69, 9.17) is 0 Å². The first kappa shape index (κ1) is 15.3. The fourth-order valence-corrected chi connectivity index (χ4v) is 2.83. The molecule has 2 heteroatoms. The summed E-state index contributed by atoms with van der Waals surface area (Å²) in [5.41, 5.74) is 6.44. The second kappa shape index (κ2) is 6.66. The first-order chi connectivity index (χ1) is 11.2. The highest BCUT2D eigenvalue weighted by atomic mass is 16.1. The maximum Gasteiger partial charge on any atom is 0.193 e.